The highest BCUT2D eigenvalue weighted by atomic mass is 16.6. The molecule has 0 saturated heterocycles. The van der Waals surface area contributed by atoms with Gasteiger partial charge in [-0.15, -0.1) is 0 Å². The van der Waals surface area contributed by atoms with Crippen LogP contribution in [0.1, 0.15) is 18.9 Å². The average molecular weight is 394 g/mol. The zero-order valence-electron chi connectivity index (χ0n) is 15.6. The number of anilines is 1. The molecule has 0 amide bonds. The Morgan fingerprint density at radius 1 is 1.07 bits per heavy atom. The van der Waals surface area contributed by atoms with Gasteiger partial charge < -0.3 is 4.74 Å². The average Bonchev–Trinajstić information content (AvgIpc) is 2.72. The van der Waals surface area contributed by atoms with Crippen LogP contribution in [0.3, 0.4) is 0 Å². The maximum absolute atomic E-state index is 11.2. The van der Waals surface area contributed by atoms with Gasteiger partial charge in [-0.2, -0.15) is 5.10 Å². The predicted octanol–water partition coefficient (Wildman–Crippen LogP) is 4.89. The Bertz CT molecular complexity index is 1100. The fourth-order valence-corrected chi connectivity index (χ4v) is 2.79. The Balaban J connectivity index is 1.95. The van der Waals surface area contributed by atoms with Crippen molar-refractivity contribution in [3.05, 3.63) is 80.4 Å². The number of nitrogens with one attached hydrogen (secondary N) is 1. The number of hydrogen-bond acceptors (Lipinski definition) is 7. The summed E-state index contributed by atoms with van der Waals surface area (Å²) >= 11 is 0. The van der Waals surface area contributed by atoms with Crippen molar-refractivity contribution in [1.29, 1.82) is 0 Å². The molecule has 0 atom stereocenters. The zero-order valence-corrected chi connectivity index (χ0v) is 15.6. The molecule has 0 fully saturated rings. The van der Waals surface area contributed by atoms with Crippen molar-refractivity contribution in [2.75, 3.05) is 12.0 Å². The zero-order chi connectivity index (χ0) is 20.8. The number of nitro benzene ring substituents is 2. The summed E-state index contributed by atoms with van der Waals surface area (Å²) in [5.74, 6) is 0.647. The van der Waals surface area contributed by atoms with Crippen LogP contribution >= 0.6 is 0 Å². The first-order chi connectivity index (χ1) is 14.0. The van der Waals surface area contributed by atoms with Crippen molar-refractivity contribution in [2.45, 2.75) is 13.3 Å². The fraction of sp³-hybridized carbons (Fsp3) is 0.150. The van der Waals surface area contributed by atoms with Gasteiger partial charge in [0, 0.05) is 11.6 Å². The van der Waals surface area contributed by atoms with Crippen LogP contribution in [-0.4, -0.2) is 22.7 Å². The molecule has 0 aliphatic rings. The topological polar surface area (TPSA) is 120 Å². The Hall–Kier alpha value is -4.01. The maximum Gasteiger partial charge on any atom is 0.301 e. The highest BCUT2D eigenvalue weighted by Crippen LogP contribution is 2.30. The van der Waals surface area contributed by atoms with Crippen LogP contribution in [0, 0.1) is 20.2 Å². The minimum atomic E-state index is -0.696. The molecule has 0 bridgehead atoms. The van der Waals surface area contributed by atoms with E-state index in [1.807, 2.05) is 43.3 Å². The fourth-order valence-electron chi connectivity index (χ4n) is 2.79. The van der Waals surface area contributed by atoms with Crippen molar-refractivity contribution in [3.8, 4) is 5.75 Å². The van der Waals surface area contributed by atoms with E-state index >= 15 is 0 Å². The van der Waals surface area contributed by atoms with Crippen LogP contribution in [-0.2, 0) is 0 Å². The number of hydrazone groups is 1. The number of benzene rings is 3. The molecule has 0 saturated carbocycles. The van der Waals surface area contributed by atoms with E-state index in [4.69, 9.17) is 4.74 Å². The molecule has 1 N–H and O–H groups in total. The Morgan fingerprint density at radius 3 is 2.59 bits per heavy atom. The molecule has 148 valence electrons. The van der Waals surface area contributed by atoms with Gasteiger partial charge in [-0.3, -0.25) is 25.7 Å². The van der Waals surface area contributed by atoms with Crippen molar-refractivity contribution in [2.24, 2.45) is 5.10 Å². The summed E-state index contributed by atoms with van der Waals surface area (Å²) in [5.41, 5.74) is 2.59. The smallest absolute Gasteiger partial charge is 0.301 e. The van der Waals surface area contributed by atoms with E-state index in [1.54, 1.807) is 0 Å². The predicted molar refractivity (Wildman–Crippen MR) is 111 cm³/mol. The van der Waals surface area contributed by atoms with Gasteiger partial charge in [0.1, 0.15) is 11.4 Å². The molecule has 0 unspecified atom stereocenters. The van der Waals surface area contributed by atoms with Gasteiger partial charge in [-0.1, -0.05) is 37.3 Å². The molecule has 29 heavy (non-hydrogen) atoms. The summed E-state index contributed by atoms with van der Waals surface area (Å²) in [6.45, 7) is 2.55. The third-order valence-electron chi connectivity index (χ3n) is 4.16. The monoisotopic (exact) mass is 394 g/mol. The van der Waals surface area contributed by atoms with E-state index in [0.717, 1.165) is 28.8 Å². The molecule has 3 aromatic rings. The lowest BCUT2D eigenvalue weighted by Gasteiger charge is -2.11. The number of nitro groups is 2. The summed E-state index contributed by atoms with van der Waals surface area (Å²) in [6, 6.07) is 14.9. The molecule has 3 rings (SSSR count). The first-order valence-electron chi connectivity index (χ1n) is 8.87. The molecule has 0 spiro atoms. The minimum absolute atomic E-state index is 0.0492. The summed E-state index contributed by atoms with van der Waals surface area (Å²) in [7, 11) is 0. The quantitative estimate of drug-likeness (QED) is 0.330. The number of ether oxygens (including phenoxy) is 1. The Morgan fingerprint density at radius 2 is 1.86 bits per heavy atom. The molecular weight excluding hydrogens is 376 g/mol. The third-order valence-corrected chi connectivity index (χ3v) is 4.16. The minimum Gasteiger partial charge on any atom is -0.493 e. The second kappa shape index (κ2) is 8.79. The van der Waals surface area contributed by atoms with Crippen LogP contribution in [0.4, 0.5) is 17.1 Å². The lowest BCUT2D eigenvalue weighted by atomic mass is 10.0. The third kappa shape index (κ3) is 4.46. The molecule has 9 nitrogen and oxygen atoms in total. The van der Waals surface area contributed by atoms with Gasteiger partial charge in [-0.25, -0.2) is 0 Å². The lowest BCUT2D eigenvalue weighted by molar-refractivity contribution is -0.393. The summed E-state index contributed by atoms with van der Waals surface area (Å²) in [6.07, 6.45) is 2.37. The first-order valence-corrected chi connectivity index (χ1v) is 8.87. The molecule has 0 heterocycles. The van der Waals surface area contributed by atoms with Crippen LogP contribution in [0.15, 0.2) is 59.7 Å². The number of non-ortho nitro benzene ring substituents is 1. The Kier molecular flexibility index (Phi) is 5.98. The van der Waals surface area contributed by atoms with Crippen molar-refractivity contribution < 1.29 is 14.6 Å². The standard InChI is InChI=1S/C20H18N4O5/c1-2-11-29-20-10-7-14-5-3-4-6-16(14)17(20)13-21-22-18-9-8-15(23(25)26)12-19(18)24(27)28/h3-10,12-13,22H,2,11H2,1H3/b21-13+. The summed E-state index contributed by atoms with van der Waals surface area (Å²) in [4.78, 5) is 20.7. The second-order valence-electron chi connectivity index (χ2n) is 6.13. The van der Waals surface area contributed by atoms with Crippen LogP contribution in [0.5, 0.6) is 5.75 Å². The highest BCUT2D eigenvalue weighted by molar-refractivity contribution is 6.02. The second-order valence-corrected chi connectivity index (χ2v) is 6.13. The molecular formula is C20H18N4O5. The number of fused-ring (bicyclic) bond motifs is 1. The molecule has 0 aliphatic carbocycles. The van der Waals surface area contributed by atoms with E-state index in [2.05, 4.69) is 10.5 Å². The van der Waals surface area contributed by atoms with Gasteiger partial charge in [-0.05, 0) is 29.3 Å². The van der Waals surface area contributed by atoms with E-state index in [-0.39, 0.29) is 11.4 Å². The largest absolute Gasteiger partial charge is 0.493 e. The molecule has 0 radical (unpaired) electrons. The highest BCUT2D eigenvalue weighted by Gasteiger charge is 2.19. The van der Waals surface area contributed by atoms with Gasteiger partial charge >= 0.3 is 5.69 Å². The van der Waals surface area contributed by atoms with Crippen molar-refractivity contribution in [1.82, 2.24) is 0 Å². The van der Waals surface area contributed by atoms with Crippen molar-refractivity contribution in [3.63, 3.8) is 0 Å². The molecule has 3 aromatic carbocycles. The van der Waals surface area contributed by atoms with Gasteiger partial charge in [0.25, 0.3) is 5.69 Å². The number of nitrogens with zero attached hydrogens (tertiary/aromatic N) is 3. The van der Waals surface area contributed by atoms with E-state index in [1.165, 1.54) is 18.3 Å². The van der Waals surface area contributed by atoms with Crippen LogP contribution < -0.4 is 10.2 Å². The van der Waals surface area contributed by atoms with Gasteiger partial charge in [0.15, 0.2) is 0 Å². The molecule has 0 aromatic heterocycles. The summed E-state index contributed by atoms with van der Waals surface area (Å²) < 4.78 is 5.80. The Labute approximate surface area is 165 Å². The summed E-state index contributed by atoms with van der Waals surface area (Å²) in [5, 5.41) is 28.1. The van der Waals surface area contributed by atoms with Gasteiger partial charge in [0.05, 0.1) is 28.7 Å². The number of hydrogen-bond donors (Lipinski definition) is 1. The first kappa shape index (κ1) is 19.7. The van der Waals surface area contributed by atoms with Crippen LogP contribution in [0.25, 0.3) is 10.8 Å². The van der Waals surface area contributed by atoms with Gasteiger partial charge in [0.2, 0.25) is 0 Å². The van der Waals surface area contributed by atoms with E-state index < -0.39 is 15.5 Å². The maximum atomic E-state index is 11.2. The van der Waals surface area contributed by atoms with E-state index in [0.29, 0.717) is 12.4 Å². The number of rotatable bonds is 8. The molecule has 0 aliphatic heterocycles. The van der Waals surface area contributed by atoms with Crippen LogP contribution in [0.2, 0.25) is 0 Å². The van der Waals surface area contributed by atoms with Crippen molar-refractivity contribution >= 4 is 34.0 Å². The lowest BCUT2D eigenvalue weighted by Crippen LogP contribution is -2.01. The molecule has 9 heteroatoms. The van der Waals surface area contributed by atoms with E-state index in [9.17, 15) is 20.2 Å². The SMILES string of the molecule is CCCOc1ccc2ccccc2c1/C=N/Nc1ccc([N+](=O)[O-])cc1[N+](=O)[O-]. The normalized spacial score (nSPS) is 10.9.